The number of hydrogen-bond donors (Lipinski definition) is 2. The van der Waals surface area contributed by atoms with Crippen molar-refractivity contribution >= 4 is 11.7 Å². The summed E-state index contributed by atoms with van der Waals surface area (Å²) >= 11 is 0. The molecule has 1 aliphatic heterocycles. The number of anilines is 1. The van der Waals surface area contributed by atoms with E-state index in [9.17, 15) is 4.79 Å². The normalized spacial score (nSPS) is 13.5. The van der Waals surface area contributed by atoms with Gasteiger partial charge in [0.1, 0.15) is 0 Å². The molecule has 0 aliphatic carbocycles. The topological polar surface area (TPSA) is 68.2 Å². The van der Waals surface area contributed by atoms with Gasteiger partial charge >= 0.3 is 6.03 Å². The van der Waals surface area contributed by atoms with Crippen LogP contribution in [0.1, 0.15) is 16.8 Å². The largest absolute Gasteiger partial charge is 0.376 e. The van der Waals surface area contributed by atoms with Crippen molar-refractivity contribution < 1.29 is 9.53 Å². The number of fused-ring (bicyclic) bond motifs is 1. The lowest BCUT2D eigenvalue weighted by Crippen LogP contribution is -2.32. The van der Waals surface area contributed by atoms with Crippen LogP contribution in [0.2, 0.25) is 0 Å². The summed E-state index contributed by atoms with van der Waals surface area (Å²) in [6.07, 6.45) is 2.73. The second-order valence-corrected chi connectivity index (χ2v) is 5.39. The van der Waals surface area contributed by atoms with Crippen molar-refractivity contribution in [1.29, 1.82) is 0 Å². The highest BCUT2D eigenvalue weighted by Gasteiger charge is 2.15. The Morgan fingerprint density at radius 1 is 1.45 bits per heavy atom. The third kappa shape index (κ3) is 3.46. The molecule has 6 heteroatoms. The van der Waals surface area contributed by atoms with Crippen LogP contribution in [0.25, 0.3) is 0 Å². The van der Waals surface area contributed by atoms with E-state index in [2.05, 4.69) is 15.7 Å². The van der Waals surface area contributed by atoms with Gasteiger partial charge in [0.05, 0.1) is 26.0 Å². The molecule has 1 aliphatic rings. The number of nitrogens with one attached hydrogen (secondary N) is 2. The van der Waals surface area contributed by atoms with Crippen molar-refractivity contribution in [3.63, 3.8) is 0 Å². The molecule has 2 heterocycles. The highest BCUT2D eigenvalue weighted by Crippen LogP contribution is 2.15. The van der Waals surface area contributed by atoms with Gasteiger partial charge in [-0.1, -0.05) is 12.1 Å². The van der Waals surface area contributed by atoms with Crippen LogP contribution in [0.3, 0.4) is 0 Å². The van der Waals surface area contributed by atoms with E-state index < -0.39 is 0 Å². The van der Waals surface area contributed by atoms with Crippen molar-refractivity contribution in [3.8, 4) is 0 Å². The van der Waals surface area contributed by atoms with Crippen LogP contribution in [0.15, 0.2) is 30.5 Å². The van der Waals surface area contributed by atoms with E-state index in [0.29, 0.717) is 19.7 Å². The molecule has 2 amide bonds. The first-order valence-electron chi connectivity index (χ1n) is 7.45. The van der Waals surface area contributed by atoms with Crippen LogP contribution >= 0.6 is 0 Å². The first-order valence-corrected chi connectivity index (χ1v) is 7.45. The molecule has 3 rings (SSSR count). The van der Waals surface area contributed by atoms with Crippen LogP contribution < -0.4 is 10.6 Å². The van der Waals surface area contributed by atoms with E-state index >= 15 is 0 Å². The van der Waals surface area contributed by atoms with Gasteiger partial charge in [0.25, 0.3) is 0 Å². The van der Waals surface area contributed by atoms with Gasteiger partial charge in [-0.05, 0) is 24.6 Å². The number of nitrogens with zero attached hydrogens (tertiary/aromatic N) is 2. The van der Waals surface area contributed by atoms with Gasteiger partial charge < -0.3 is 15.4 Å². The highest BCUT2D eigenvalue weighted by molar-refractivity contribution is 5.89. The Labute approximate surface area is 129 Å². The van der Waals surface area contributed by atoms with E-state index in [0.717, 1.165) is 29.8 Å². The Morgan fingerprint density at radius 2 is 2.36 bits per heavy atom. The number of aryl methyl sites for hydroxylation is 1. The Balaban J connectivity index is 1.48. The maximum atomic E-state index is 11.9. The lowest BCUT2D eigenvalue weighted by Gasteiger charge is -2.15. The number of aromatic nitrogens is 2. The molecule has 2 N–H and O–H groups in total. The van der Waals surface area contributed by atoms with Crippen LogP contribution in [0.5, 0.6) is 0 Å². The zero-order valence-corrected chi connectivity index (χ0v) is 12.6. The van der Waals surface area contributed by atoms with Crippen molar-refractivity contribution in [2.45, 2.75) is 26.5 Å². The smallest absolute Gasteiger partial charge is 0.319 e. The van der Waals surface area contributed by atoms with Gasteiger partial charge in [0.2, 0.25) is 0 Å². The first-order chi connectivity index (χ1) is 10.7. The van der Waals surface area contributed by atoms with E-state index in [1.165, 1.54) is 5.69 Å². The van der Waals surface area contributed by atoms with E-state index in [4.69, 9.17) is 4.74 Å². The summed E-state index contributed by atoms with van der Waals surface area (Å²) in [7, 11) is 0. The predicted molar refractivity (Wildman–Crippen MR) is 83.8 cm³/mol. The number of rotatable bonds is 4. The molecule has 0 radical (unpaired) electrons. The third-order valence-corrected chi connectivity index (χ3v) is 3.66. The van der Waals surface area contributed by atoms with Gasteiger partial charge in [-0.3, -0.25) is 4.68 Å². The second kappa shape index (κ2) is 6.62. The molecule has 2 aromatic rings. The van der Waals surface area contributed by atoms with E-state index in [-0.39, 0.29) is 6.03 Å². The predicted octanol–water partition coefficient (Wildman–Crippen LogP) is 2.09. The van der Waals surface area contributed by atoms with Gasteiger partial charge in [-0.15, -0.1) is 0 Å². The number of hydrogen-bond acceptors (Lipinski definition) is 3. The number of urea groups is 1. The summed E-state index contributed by atoms with van der Waals surface area (Å²) < 4.78 is 7.34. The van der Waals surface area contributed by atoms with Gasteiger partial charge in [-0.25, -0.2) is 4.79 Å². The monoisotopic (exact) mass is 300 g/mol. The Morgan fingerprint density at radius 3 is 3.23 bits per heavy atom. The Bertz CT molecular complexity index is 666. The third-order valence-electron chi connectivity index (χ3n) is 3.66. The van der Waals surface area contributed by atoms with Gasteiger partial charge in [-0.2, -0.15) is 5.10 Å². The Kier molecular flexibility index (Phi) is 4.39. The van der Waals surface area contributed by atoms with Gasteiger partial charge in [0.15, 0.2) is 0 Å². The molecule has 22 heavy (non-hydrogen) atoms. The summed E-state index contributed by atoms with van der Waals surface area (Å²) in [5.41, 5.74) is 4.27. The summed E-state index contributed by atoms with van der Waals surface area (Å²) in [6.45, 7) is 4.56. The number of ether oxygens (including phenoxy) is 1. The fourth-order valence-electron chi connectivity index (χ4n) is 2.58. The summed E-state index contributed by atoms with van der Waals surface area (Å²) in [6, 6.07) is 7.52. The van der Waals surface area contributed by atoms with Crippen LogP contribution in [0.4, 0.5) is 10.5 Å². The first kappa shape index (κ1) is 14.6. The summed E-state index contributed by atoms with van der Waals surface area (Å²) in [5.74, 6) is 0. The number of amides is 2. The SMILES string of the molecule is Cc1cccc(NC(=O)NCCn2ncc3c2CCOC3)c1. The molecule has 0 saturated heterocycles. The summed E-state index contributed by atoms with van der Waals surface area (Å²) in [4.78, 5) is 11.9. The fourth-order valence-corrected chi connectivity index (χ4v) is 2.58. The summed E-state index contributed by atoms with van der Waals surface area (Å²) in [5, 5.41) is 10.0. The Hall–Kier alpha value is -2.34. The van der Waals surface area contributed by atoms with Crippen molar-refractivity contribution in [1.82, 2.24) is 15.1 Å². The average molecular weight is 300 g/mol. The quantitative estimate of drug-likeness (QED) is 0.908. The molecule has 6 nitrogen and oxygen atoms in total. The maximum absolute atomic E-state index is 11.9. The molecule has 0 bridgehead atoms. The van der Waals surface area contributed by atoms with Crippen LogP contribution in [-0.2, 0) is 24.3 Å². The zero-order chi connectivity index (χ0) is 15.4. The molecule has 0 saturated carbocycles. The van der Waals surface area contributed by atoms with Crippen molar-refractivity contribution in [2.75, 3.05) is 18.5 Å². The molecule has 1 aromatic carbocycles. The standard InChI is InChI=1S/C16H20N4O2/c1-12-3-2-4-14(9-12)19-16(21)17-6-7-20-15-5-8-22-11-13(15)10-18-20/h2-4,9-10H,5-8,11H2,1H3,(H2,17,19,21). The lowest BCUT2D eigenvalue weighted by molar-refractivity contribution is 0.109. The molecule has 0 fully saturated rings. The fraction of sp³-hybridized carbons (Fsp3) is 0.375. The molecule has 0 unspecified atom stereocenters. The highest BCUT2D eigenvalue weighted by atomic mass is 16.5. The lowest BCUT2D eigenvalue weighted by atomic mass is 10.2. The van der Waals surface area contributed by atoms with Crippen molar-refractivity contribution in [3.05, 3.63) is 47.3 Å². The number of carbonyl (C=O) groups is 1. The molecule has 116 valence electrons. The number of benzene rings is 1. The number of carbonyl (C=O) groups excluding carboxylic acids is 1. The minimum absolute atomic E-state index is 0.199. The minimum Gasteiger partial charge on any atom is -0.376 e. The van der Waals surface area contributed by atoms with E-state index in [1.54, 1.807) is 0 Å². The minimum atomic E-state index is -0.199. The molecule has 0 atom stereocenters. The zero-order valence-electron chi connectivity index (χ0n) is 12.6. The van der Waals surface area contributed by atoms with Crippen molar-refractivity contribution in [2.24, 2.45) is 0 Å². The van der Waals surface area contributed by atoms with E-state index in [1.807, 2.05) is 42.1 Å². The molecular formula is C16H20N4O2. The van der Waals surface area contributed by atoms with Gasteiger partial charge in [0, 0.05) is 29.9 Å². The van der Waals surface area contributed by atoms with Crippen LogP contribution in [-0.4, -0.2) is 29.0 Å². The molecule has 1 aromatic heterocycles. The molecular weight excluding hydrogens is 280 g/mol. The average Bonchev–Trinajstić information content (AvgIpc) is 2.91. The maximum Gasteiger partial charge on any atom is 0.319 e. The molecule has 0 spiro atoms. The van der Waals surface area contributed by atoms with Crippen LogP contribution in [0, 0.1) is 6.92 Å². The second-order valence-electron chi connectivity index (χ2n) is 5.39.